The van der Waals surface area contributed by atoms with E-state index in [0.29, 0.717) is 0 Å². The van der Waals surface area contributed by atoms with E-state index < -0.39 is 0 Å². The molecule has 15 aromatic rings. The van der Waals surface area contributed by atoms with E-state index in [0.717, 1.165) is 34.1 Å². The summed E-state index contributed by atoms with van der Waals surface area (Å²) in [5, 5.41) is 19.5. The molecule has 0 heterocycles. The molecule has 0 saturated heterocycles. The maximum atomic E-state index is 2.41. The second-order valence-electron chi connectivity index (χ2n) is 20.1. The molecule has 0 aromatic heterocycles. The van der Waals surface area contributed by atoms with Crippen LogP contribution in [0, 0.1) is 0 Å². The van der Waals surface area contributed by atoms with Gasteiger partial charge >= 0.3 is 0 Å². The highest BCUT2D eigenvalue weighted by Crippen LogP contribution is 2.50. The van der Waals surface area contributed by atoms with Crippen LogP contribution >= 0.6 is 0 Å². The predicted molar refractivity (Wildman–Crippen MR) is 327 cm³/mol. The molecule has 2 nitrogen and oxygen atoms in total. The molecule has 0 aliphatic carbocycles. The van der Waals surface area contributed by atoms with Crippen molar-refractivity contribution in [2.45, 2.75) is 0 Å². The summed E-state index contributed by atoms with van der Waals surface area (Å²) in [6.07, 6.45) is 0. The van der Waals surface area contributed by atoms with Gasteiger partial charge in [-0.25, -0.2) is 0 Å². The number of nitrogens with zero attached hydrogens (tertiary/aromatic N) is 2. The molecule has 15 aromatic carbocycles. The number of benzene rings is 15. The summed E-state index contributed by atoms with van der Waals surface area (Å²) >= 11 is 0. The van der Waals surface area contributed by atoms with Gasteiger partial charge in [0.2, 0.25) is 0 Å². The molecule has 0 amide bonds. The van der Waals surface area contributed by atoms with Crippen molar-refractivity contribution in [3.05, 3.63) is 291 Å². The Balaban J connectivity index is 0.970. The Labute approximate surface area is 441 Å². The minimum absolute atomic E-state index is 1.10. The van der Waals surface area contributed by atoms with Gasteiger partial charge in [-0.05, 0) is 181 Å². The topological polar surface area (TPSA) is 6.48 Å². The lowest BCUT2D eigenvalue weighted by Crippen LogP contribution is -2.10. The Morgan fingerprint density at radius 2 is 0.408 bits per heavy atom. The van der Waals surface area contributed by atoms with Crippen LogP contribution in [0.15, 0.2) is 291 Å². The van der Waals surface area contributed by atoms with E-state index in [-0.39, 0.29) is 0 Å². The van der Waals surface area contributed by atoms with Crippen LogP contribution < -0.4 is 9.80 Å². The number of anilines is 6. The minimum Gasteiger partial charge on any atom is -0.310 e. The molecule has 2 heteroatoms. The first-order valence-corrected chi connectivity index (χ1v) is 26.2. The van der Waals surface area contributed by atoms with Crippen molar-refractivity contribution >= 4 is 120 Å². The van der Waals surface area contributed by atoms with Gasteiger partial charge in [-0.3, -0.25) is 0 Å². The van der Waals surface area contributed by atoms with Crippen LogP contribution in [0.5, 0.6) is 0 Å². The summed E-state index contributed by atoms with van der Waals surface area (Å²) < 4.78 is 0. The lowest BCUT2D eigenvalue weighted by molar-refractivity contribution is 1.30. The fraction of sp³-hybridized carbons (Fsp3) is 0. The summed E-state index contributed by atoms with van der Waals surface area (Å²) in [6, 6.07) is 107. The van der Waals surface area contributed by atoms with Gasteiger partial charge in [0.1, 0.15) is 0 Å². The van der Waals surface area contributed by atoms with Gasteiger partial charge in [-0.2, -0.15) is 0 Å². The number of hydrogen-bond donors (Lipinski definition) is 0. The Morgan fingerprint density at radius 3 is 0.724 bits per heavy atom. The summed E-state index contributed by atoms with van der Waals surface area (Å²) in [5.41, 5.74) is 11.5. The van der Waals surface area contributed by atoms with E-state index in [4.69, 9.17) is 0 Å². The molecular weight excluding hydrogens is 917 g/mol. The Hall–Kier alpha value is -10.0. The van der Waals surface area contributed by atoms with Crippen LogP contribution in [-0.2, 0) is 0 Å². The maximum absolute atomic E-state index is 2.41. The number of rotatable bonds is 8. The molecule has 354 valence electrons. The van der Waals surface area contributed by atoms with Crippen LogP contribution in [0.2, 0.25) is 0 Å². The molecule has 0 bridgehead atoms. The minimum atomic E-state index is 1.10. The van der Waals surface area contributed by atoms with E-state index in [1.807, 2.05) is 0 Å². The van der Waals surface area contributed by atoms with E-state index in [1.165, 1.54) is 108 Å². The molecule has 0 fully saturated rings. The van der Waals surface area contributed by atoms with Crippen molar-refractivity contribution < 1.29 is 0 Å². The van der Waals surface area contributed by atoms with Crippen LogP contribution in [0.4, 0.5) is 34.1 Å². The van der Waals surface area contributed by atoms with Crippen molar-refractivity contribution in [3.8, 4) is 22.3 Å². The third kappa shape index (κ3) is 7.34. The molecule has 0 saturated carbocycles. The maximum Gasteiger partial charge on any atom is 0.0468 e. The molecule has 0 spiro atoms. The zero-order chi connectivity index (χ0) is 50.1. The second kappa shape index (κ2) is 17.9. The highest BCUT2D eigenvalue weighted by Gasteiger charge is 2.23. The highest BCUT2D eigenvalue weighted by molar-refractivity contribution is 6.32. The van der Waals surface area contributed by atoms with Crippen molar-refractivity contribution in [2.24, 2.45) is 0 Å². The van der Waals surface area contributed by atoms with Gasteiger partial charge in [0, 0.05) is 34.1 Å². The molecule has 0 N–H and O–H groups in total. The Bertz CT molecular complexity index is 4310. The smallest absolute Gasteiger partial charge is 0.0468 e. The third-order valence-corrected chi connectivity index (χ3v) is 15.7. The molecule has 0 aliphatic rings. The quantitative estimate of drug-likeness (QED) is 0.111. The number of fused-ring (bicyclic) bond motifs is 10. The summed E-state index contributed by atoms with van der Waals surface area (Å²) in [7, 11) is 0. The number of hydrogen-bond acceptors (Lipinski definition) is 2. The van der Waals surface area contributed by atoms with Crippen molar-refractivity contribution in [1.29, 1.82) is 0 Å². The van der Waals surface area contributed by atoms with Gasteiger partial charge in [0.15, 0.2) is 0 Å². The van der Waals surface area contributed by atoms with Crippen molar-refractivity contribution in [2.75, 3.05) is 9.80 Å². The molecular formula is C74H48N2. The Kier molecular flexibility index (Phi) is 10.2. The van der Waals surface area contributed by atoms with Gasteiger partial charge in [-0.15, -0.1) is 0 Å². The van der Waals surface area contributed by atoms with E-state index in [9.17, 15) is 0 Å². The van der Waals surface area contributed by atoms with Gasteiger partial charge in [-0.1, -0.05) is 218 Å². The van der Waals surface area contributed by atoms with E-state index >= 15 is 0 Å². The van der Waals surface area contributed by atoms with Crippen LogP contribution in [0.25, 0.3) is 108 Å². The first kappa shape index (κ1) is 43.6. The molecule has 0 unspecified atom stereocenters. The molecule has 0 aliphatic heterocycles. The average molecular weight is 965 g/mol. The first-order valence-electron chi connectivity index (χ1n) is 26.2. The fourth-order valence-electron chi connectivity index (χ4n) is 12.1. The monoisotopic (exact) mass is 964 g/mol. The lowest BCUT2D eigenvalue weighted by atomic mass is 9.82. The molecule has 0 atom stereocenters. The Morgan fingerprint density at radius 1 is 0.171 bits per heavy atom. The molecule has 15 rings (SSSR count). The largest absolute Gasteiger partial charge is 0.310 e. The molecule has 76 heavy (non-hydrogen) atoms. The normalized spacial score (nSPS) is 11.7. The summed E-state index contributed by atoms with van der Waals surface area (Å²) in [5.74, 6) is 0. The van der Waals surface area contributed by atoms with Crippen LogP contribution in [-0.4, -0.2) is 0 Å². The second-order valence-corrected chi connectivity index (χ2v) is 20.1. The van der Waals surface area contributed by atoms with Crippen molar-refractivity contribution in [3.63, 3.8) is 0 Å². The van der Waals surface area contributed by atoms with Gasteiger partial charge in [0.05, 0.1) is 0 Å². The van der Waals surface area contributed by atoms with Gasteiger partial charge in [0.25, 0.3) is 0 Å². The standard InChI is InChI=1S/C74H48N2/c1-3-19-53(20-4-1)71-69-39-31-60-48-66(76(63-35-29-51-17-9-13-25-57(51)45-63)64-36-30-52-18-10-14-26-58(52)46-64)38-42-68(60)74(69)72(54-21-5-2-6-22-54)70-40-32-59-47-65(37-41-67(59)73(70)71)75(61-33-27-49-15-7-11-23-55(49)43-61)62-34-28-50-16-8-12-24-56(50)44-62/h1-48H. The van der Waals surface area contributed by atoms with Crippen molar-refractivity contribution in [1.82, 2.24) is 0 Å². The summed E-state index contributed by atoms with van der Waals surface area (Å²) in [4.78, 5) is 4.83. The predicted octanol–water partition coefficient (Wildman–Crippen LogP) is 21.2. The summed E-state index contributed by atoms with van der Waals surface area (Å²) in [6.45, 7) is 0. The fourth-order valence-corrected chi connectivity index (χ4v) is 12.1. The lowest BCUT2D eigenvalue weighted by Gasteiger charge is -2.27. The van der Waals surface area contributed by atoms with Gasteiger partial charge < -0.3 is 9.80 Å². The average Bonchev–Trinajstić information content (AvgIpc) is 3.51. The SMILES string of the molecule is c1ccc(-c2c3ccc4cc(N(c5ccc6ccccc6c5)c5ccc6ccccc6c5)ccc4c3c(-c3ccccc3)c3ccc4cc(N(c5ccc6ccccc6c5)c5ccc6ccccc6c5)ccc4c23)cc1. The zero-order valence-electron chi connectivity index (χ0n) is 41.6. The third-order valence-electron chi connectivity index (χ3n) is 15.7. The highest BCUT2D eigenvalue weighted by atomic mass is 15.1. The van der Waals surface area contributed by atoms with Crippen LogP contribution in [0.1, 0.15) is 0 Å². The first-order chi connectivity index (χ1) is 37.7. The van der Waals surface area contributed by atoms with Crippen LogP contribution in [0.3, 0.4) is 0 Å². The zero-order valence-corrected chi connectivity index (χ0v) is 41.6. The molecule has 0 radical (unpaired) electrons. The van der Waals surface area contributed by atoms with E-state index in [1.54, 1.807) is 0 Å². The van der Waals surface area contributed by atoms with E-state index in [2.05, 4.69) is 301 Å².